The van der Waals surface area contributed by atoms with E-state index in [2.05, 4.69) is 18.8 Å². The van der Waals surface area contributed by atoms with Gasteiger partial charge in [-0.2, -0.15) is 0 Å². The molecule has 5 nitrogen and oxygen atoms in total. The van der Waals surface area contributed by atoms with Gasteiger partial charge in [-0.1, -0.05) is 39.2 Å². The van der Waals surface area contributed by atoms with Crippen LogP contribution in [0.3, 0.4) is 0 Å². The molecule has 2 atom stereocenters. The molecule has 0 spiro atoms. The van der Waals surface area contributed by atoms with Crippen molar-refractivity contribution in [2.75, 3.05) is 13.2 Å². The number of aliphatic hydroxyl groups is 2. The number of allylic oxidation sites excluding steroid dienone is 2. The minimum atomic E-state index is -1.03. The smallest absolute Gasteiger partial charge is 0.220 e. The summed E-state index contributed by atoms with van der Waals surface area (Å²) in [6.45, 7) is 9.89. The quantitative estimate of drug-likeness (QED) is 0.258. The number of hydrogen-bond donors (Lipinski definition) is 3. The first kappa shape index (κ1) is 22.7. The van der Waals surface area contributed by atoms with Crippen LogP contribution in [-0.2, 0) is 9.53 Å². The summed E-state index contributed by atoms with van der Waals surface area (Å²) in [5.41, 5.74) is 0.740. The zero-order valence-corrected chi connectivity index (χ0v) is 15.5. The fourth-order valence-electron chi connectivity index (χ4n) is 2.34. The van der Waals surface area contributed by atoms with Crippen LogP contribution in [0.2, 0.25) is 0 Å². The molecule has 5 heteroatoms. The minimum Gasteiger partial charge on any atom is -0.488 e. The van der Waals surface area contributed by atoms with Crippen molar-refractivity contribution >= 4 is 5.91 Å². The van der Waals surface area contributed by atoms with E-state index >= 15 is 0 Å². The standard InChI is InChI=1S/C19H35NO4/c1-5-7-8-9-10-13-20-19(23)12-11-18(16(22)14-21)24-17(6-2)15(3)4/h6,16,18,21-22H,3,5,7-14H2,1-2,4H3,(H,20,23). The van der Waals surface area contributed by atoms with Gasteiger partial charge in [0.25, 0.3) is 0 Å². The summed E-state index contributed by atoms with van der Waals surface area (Å²) in [6, 6.07) is 0. The van der Waals surface area contributed by atoms with Crippen molar-refractivity contribution in [3.8, 4) is 0 Å². The summed E-state index contributed by atoms with van der Waals surface area (Å²) in [5.74, 6) is 0.519. The number of unbranched alkanes of at least 4 members (excludes halogenated alkanes) is 4. The number of nitrogens with one attached hydrogen (secondary N) is 1. The van der Waals surface area contributed by atoms with Gasteiger partial charge in [0.1, 0.15) is 18.0 Å². The van der Waals surface area contributed by atoms with E-state index in [-0.39, 0.29) is 12.3 Å². The number of carbonyl (C=O) groups is 1. The molecule has 2 unspecified atom stereocenters. The molecule has 1 amide bonds. The number of rotatable bonds is 14. The van der Waals surface area contributed by atoms with E-state index < -0.39 is 18.8 Å². The van der Waals surface area contributed by atoms with Gasteiger partial charge < -0.3 is 20.3 Å². The average molecular weight is 341 g/mol. The Balaban J connectivity index is 4.21. The van der Waals surface area contributed by atoms with Crippen LogP contribution in [0.25, 0.3) is 0 Å². The van der Waals surface area contributed by atoms with Crippen molar-refractivity contribution in [1.29, 1.82) is 0 Å². The lowest BCUT2D eigenvalue weighted by Gasteiger charge is -2.24. The molecule has 0 aromatic rings. The van der Waals surface area contributed by atoms with E-state index in [1.165, 1.54) is 19.3 Å². The van der Waals surface area contributed by atoms with E-state index in [4.69, 9.17) is 9.84 Å². The number of amides is 1. The molecule has 0 bridgehead atoms. The lowest BCUT2D eigenvalue weighted by Crippen LogP contribution is -2.34. The molecule has 0 aliphatic carbocycles. The fourth-order valence-corrected chi connectivity index (χ4v) is 2.34. The molecule has 140 valence electrons. The van der Waals surface area contributed by atoms with Gasteiger partial charge in [0.05, 0.1) is 6.61 Å². The lowest BCUT2D eigenvalue weighted by molar-refractivity contribution is -0.122. The zero-order valence-electron chi connectivity index (χ0n) is 15.5. The van der Waals surface area contributed by atoms with Crippen LogP contribution in [0.4, 0.5) is 0 Å². The topological polar surface area (TPSA) is 78.8 Å². The fraction of sp³-hybridized carbons (Fsp3) is 0.737. The number of ether oxygens (including phenoxy) is 1. The van der Waals surface area contributed by atoms with Gasteiger partial charge in [-0.05, 0) is 38.3 Å². The molecule has 0 saturated carbocycles. The van der Waals surface area contributed by atoms with Crippen molar-refractivity contribution in [3.63, 3.8) is 0 Å². The summed E-state index contributed by atoms with van der Waals surface area (Å²) in [7, 11) is 0. The maximum atomic E-state index is 11.9. The summed E-state index contributed by atoms with van der Waals surface area (Å²) in [6.07, 6.45) is 6.47. The first-order valence-corrected chi connectivity index (χ1v) is 9.00. The highest BCUT2D eigenvalue weighted by Crippen LogP contribution is 2.17. The molecule has 3 N–H and O–H groups in total. The van der Waals surface area contributed by atoms with Crippen LogP contribution >= 0.6 is 0 Å². The van der Waals surface area contributed by atoms with Gasteiger partial charge in [0, 0.05) is 13.0 Å². The average Bonchev–Trinajstić information content (AvgIpc) is 2.57. The Labute approximate surface area is 146 Å². The first-order valence-electron chi connectivity index (χ1n) is 9.00. The largest absolute Gasteiger partial charge is 0.488 e. The Hall–Kier alpha value is -1.33. The molecule has 0 rings (SSSR count). The molecule has 0 radical (unpaired) electrons. The van der Waals surface area contributed by atoms with Crippen molar-refractivity contribution in [1.82, 2.24) is 5.32 Å². The Morgan fingerprint density at radius 1 is 1.29 bits per heavy atom. The van der Waals surface area contributed by atoms with Crippen LogP contribution in [-0.4, -0.2) is 41.5 Å². The molecule has 0 aromatic heterocycles. The predicted molar refractivity (Wildman–Crippen MR) is 97.5 cm³/mol. The maximum Gasteiger partial charge on any atom is 0.220 e. The molecule has 0 saturated heterocycles. The summed E-state index contributed by atoms with van der Waals surface area (Å²) < 4.78 is 5.71. The van der Waals surface area contributed by atoms with E-state index in [9.17, 15) is 9.90 Å². The van der Waals surface area contributed by atoms with E-state index in [0.717, 1.165) is 18.4 Å². The van der Waals surface area contributed by atoms with Crippen LogP contribution < -0.4 is 5.32 Å². The van der Waals surface area contributed by atoms with Crippen molar-refractivity contribution in [3.05, 3.63) is 24.0 Å². The molecule has 0 aliphatic heterocycles. The highest BCUT2D eigenvalue weighted by atomic mass is 16.5. The van der Waals surface area contributed by atoms with E-state index in [1.54, 1.807) is 6.08 Å². The number of carbonyl (C=O) groups excluding carboxylic acids is 1. The summed E-state index contributed by atoms with van der Waals surface area (Å²) in [5, 5.41) is 21.9. The van der Waals surface area contributed by atoms with Crippen molar-refractivity contribution in [2.45, 2.75) is 77.9 Å². The molecular weight excluding hydrogens is 306 g/mol. The number of aliphatic hydroxyl groups excluding tert-OH is 2. The predicted octanol–water partition coefficient (Wildman–Crippen LogP) is 3.07. The van der Waals surface area contributed by atoms with Crippen molar-refractivity contribution in [2.24, 2.45) is 0 Å². The minimum absolute atomic E-state index is 0.0541. The molecule has 0 aromatic carbocycles. The molecular formula is C19H35NO4. The van der Waals surface area contributed by atoms with E-state index in [1.807, 2.05) is 13.8 Å². The summed E-state index contributed by atoms with van der Waals surface area (Å²) in [4.78, 5) is 11.9. The Kier molecular flexibility index (Phi) is 13.3. The highest BCUT2D eigenvalue weighted by molar-refractivity contribution is 5.75. The normalized spacial score (nSPS) is 14.1. The summed E-state index contributed by atoms with van der Waals surface area (Å²) >= 11 is 0. The van der Waals surface area contributed by atoms with Crippen molar-refractivity contribution < 1.29 is 19.7 Å². The maximum absolute atomic E-state index is 11.9. The van der Waals surface area contributed by atoms with Gasteiger partial charge in [-0.3, -0.25) is 4.79 Å². The highest BCUT2D eigenvalue weighted by Gasteiger charge is 2.22. The third-order valence-corrected chi connectivity index (χ3v) is 3.84. The van der Waals surface area contributed by atoms with Gasteiger partial charge >= 0.3 is 0 Å². The third kappa shape index (κ3) is 10.4. The van der Waals surface area contributed by atoms with Crippen LogP contribution in [0.1, 0.15) is 65.7 Å². The van der Waals surface area contributed by atoms with Gasteiger partial charge in [0.15, 0.2) is 0 Å². The number of hydrogen-bond acceptors (Lipinski definition) is 4. The Bertz CT molecular complexity index is 393. The monoisotopic (exact) mass is 341 g/mol. The van der Waals surface area contributed by atoms with Crippen LogP contribution in [0.15, 0.2) is 24.0 Å². The van der Waals surface area contributed by atoms with Gasteiger partial charge in [0.2, 0.25) is 5.91 Å². The molecule has 0 aliphatic rings. The van der Waals surface area contributed by atoms with Gasteiger partial charge in [-0.15, -0.1) is 0 Å². The van der Waals surface area contributed by atoms with Gasteiger partial charge in [-0.25, -0.2) is 0 Å². The Morgan fingerprint density at radius 2 is 1.96 bits per heavy atom. The Morgan fingerprint density at radius 3 is 2.50 bits per heavy atom. The second-order valence-electron chi connectivity index (χ2n) is 6.14. The lowest BCUT2D eigenvalue weighted by atomic mass is 10.1. The second kappa shape index (κ2) is 14.1. The van der Waals surface area contributed by atoms with Crippen LogP contribution in [0.5, 0.6) is 0 Å². The molecule has 24 heavy (non-hydrogen) atoms. The van der Waals surface area contributed by atoms with E-state index in [0.29, 0.717) is 18.7 Å². The SMILES string of the molecule is C=C(C)C(=CC)OC(CCC(=O)NCCCCCCC)C(O)CO. The van der Waals surface area contributed by atoms with Crippen LogP contribution in [0, 0.1) is 0 Å². The molecule has 0 heterocycles. The third-order valence-electron chi connectivity index (χ3n) is 3.84. The molecule has 0 fully saturated rings. The second-order valence-corrected chi connectivity index (χ2v) is 6.14. The zero-order chi connectivity index (χ0) is 18.4. The first-order chi connectivity index (χ1) is 11.5.